The zero-order valence-corrected chi connectivity index (χ0v) is 17.7. The first kappa shape index (κ1) is 21.9. The molecule has 0 saturated carbocycles. The number of nitrogens with one attached hydrogen (secondary N) is 1. The van der Waals surface area contributed by atoms with Gasteiger partial charge in [-0.3, -0.25) is 9.10 Å². The minimum Gasteiger partial charge on any atom is -0.486 e. The highest BCUT2D eigenvalue weighted by Crippen LogP contribution is 2.34. The second-order valence-corrected chi connectivity index (χ2v) is 8.91. The average Bonchev–Trinajstić information content (AvgIpc) is 2.72. The molecule has 1 amide bonds. The molecule has 1 N–H and O–H groups in total. The van der Waals surface area contributed by atoms with Crippen molar-refractivity contribution in [3.8, 4) is 11.5 Å². The lowest BCUT2D eigenvalue weighted by molar-refractivity contribution is -0.120. The first-order valence-corrected chi connectivity index (χ1v) is 11.2. The number of sulfonamides is 1. The first-order valence-electron chi connectivity index (χ1n) is 9.78. The number of hydrogen-bond acceptors (Lipinski definition) is 5. The van der Waals surface area contributed by atoms with Crippen LogP contribution in [-0.2, 0) is 14.8 Å². The monoisotopic (exact) mass is 436 g/mol. The Morgan fingerprint density at radius 1 is 1.13 bits per heavy atom. The quantitative estimate of drug-likeness (QED) is 0.687. The van der Waals surface area contributed by atoms with Gasteiger partial charge in [0.2, 0.25) is 5.91 Å². The molecule has 162 valence electrons. The summed E-state index contributed by atoms with van der Waals surface area (Å²) in [5, 5.41) is 2.80. The van der Waals surface area contributed by atoms with Gasteiger partial charge >= 0.3 is 0 Å². The molecule has 0 bridgehead atoms. The van der Waals surface area contributed by atoms with Crippen molar-refractivity contribution in [2.45, 2.75) is 37.6 Å². The van der Waals surface area contributed by atoms with Crippen LogP contribution < -0.4 is 19.1 Å². The van der Waals surface area contributed by atoms with Crippen molar-refractivity contribution in [1.82, 2.24) is 5.32 Å². The van der Waals surface area contributed by atoms with Gasteiger partial charge in [-0.15, -0.1) is 0 Å². The largest absolute Gasteiger partial charge is 0.486 e. The third kappa shape index (κ3) is 5.02. The van der Waals surface area contributed by atoms with Crippen molar-refractivity contribution >= 4 is 21.6 Å². The second-order valence-electron chi connectivity index (χ2n) is 7.05. The molecule has 0 spiro atoms. The first-order chi connectivity index (χ1) is 14.3. The van der Waals surface area contributed by atoms with E-state index in [1.165, 1.54) is 30.3 Å². The van der Waals surface area contributed by atoms with E-state index >= 15 is 0 Å². The number of fused-ring (bicyclic) bond motifs is 1. The maximum atomic E-state index is 13.4. The minimum absolute atomic E-state index is 0.0505. The van der Waals surface area contributed by atoms with Gasteiger partial charge in [-0.1, -0.05) is 13.3 Å². The van der Waals surface area contributed by atoms with E-state index in [4.69, 9.17) is 9.47 Å². The van der Waals surface area contributed by atoms with E-state index in [-0.39, 0.29) is 16.6 Å². The predicted molar refractivity (Wildman–Crippen MR) is 111 cm³/mol. The molecule has 0 aromatic heterocycles. The van der Waals surface area contributed by atoms with Crippen LogP contribution in [0.25, 0.3) is 0 Å². The van der Waals surface area contributed by atoms with Crippen LogP contribution in [-0.4, -0.2) is 40.1 Å². The van der Waals surface area contributed by atoms with Gasteiger partial charge in [0.1, 0.15) is 25.6 Å². The van der Waals surface area contributed by atoms with Crippen LogP contribution >= 0.6 is 0 Å². The maximum Gasteiger partial charge on any atom is 0.264 e. The summed E-state index contributed by atoms with van der Waals surface area (Å²) in [6, 6.07) is 9.16. The van der Waals surface area contributed by atoms with E-state index in [1.54, 1.807) is 0 Å². The molecule has 2 aromatic rings. The molecule has 0 aliphatic carbocycles. The Hall–Kier alpha value is -2.81. The van der Waals surface area contributed by atoms with Crippen LogP contribution in [0.15, 0.2) is 47.4 Å². The molecule has 0 fully saturated rings. The molecule has 0 saturated heterocycles. The number of ether oxygens (including phenoxy) is 2. The van der Waals surface area contributed by atoms with Crippen molar-refractivity contribution in [3.05, 3.63) is 48.3 Å². The molecule has 7 nitrogen and oxygen atoms in total. The zero-order chi connectivity index (χ0) is 21.7. The lowest BCUT2D eigenvalue weighted by Crippen LogP contribution is -2.43. The number of halogens is 1. The van der Waals surface area contributed by atoms with Gasteiger partial charge < -0.3 is 14.8 Å². The van der Waals surface area contributed by atoms with Gasteiger partial charge in [0, 0.05) is 12.1 Å². The van der Waals surface area contributed by atoms with Crippen LogP contribution in [0, 0.1) is 5.82 Å². The summed E-state index contributed by atoms with van der Waals surface area (Å²) in [5.74, 6) is -0.167. The summed E-state index contributed by atoms with van der Waals surface area (Å²) in [6.07, 6.45) is 1.66. The van der Waals surface area contributed by atoms with Crippen LogP contribution in [0.2, 0.25) is 0 Å². The molecule has 1 aliphatic rings. The van der Waals surface area contributed by atoms with Gasteiger partial charge in [-0.05, 0) is 49.7 Å². The van der Waals surface area contributed by atoms with Crippen LogP contribution in [0.3, 0.4) is 0 Å². The molecule has 1 aliphatic heterocycles. The summed E-state index contributed by atoms with van der Waals surface area (Å²) in [5.41, 5.74) is 0.185. The highest BCUT2D eigenvalue weighted by atomic mass is 32.2. The number of benzene rings is 2. The Kier molecular flexibility index (Phi) is 6.81. The molecule has 1 heterocycles. The van der Waals surface area contributed by atoms with Gasteiger partial charge in [-0.25, -0.2) is 12.8 Å². The van der Waals surface area contributed by atoms with Crippen LogP contribution in [0.1, 0.15) is 26.7 Å². The van der Waals surface area contributed by atoms with Gasteiger partial charge in [0.25, 0.3) is 10.0 Å². The fourth-order valence-corrected chi connectivity index (χ4v) is 4.63. The van der Waals surface area contributed by atoms with E-state index in [0.717, 1.165) is 29.3 Å². The third-order valence-electron chi connectivity index (χ3n) is 4.63. The summed E-state index contributed by atoms with van der Waals surface area (Å²) >= 11 is 0. The standard InChI is InChI=1S/C21H25FN2O5S/c1-3-4-15(2)23-21(25)14-24(17-7-5-16(22)6-8-17)30(26,27)18-9-10-19-20(13-18)29-12-11-28-19/h5-10,13,15H,3-4,11-12,14H2,1-2H3,(H,23,25)/t15-/m0/s1. The van der Waals surface area contributed by atoms with Gasteiger partial charge in [0.05, 0.1) is 10.6 Å². The molecule has 3 rings (SSSR count). The summed E-state index contributed by atoms with van der Waals surface area (Å²) in [7, 11) is -4.13. The number of amides is 1. The number of hydrogen-bond donors (Lipinski definition) is 1. The van der Waals surface area contributed by atoms with Crippen molar-refractivity contribution in [2.24, 2.45) is 0 Å². The van der Waals surface area contributed by atoms with Crippen molar-refractivity contribution < 1.29 is 27.1 Å². The molecule has 30 heavy (non-hydrogen) atoms. The van der Waals surface area contributed by atoms with Crippen LogP contribution in [0.4, 0.5) is 10.1 Å². The Morgan fingerprint density at radius 2 is 1.80 bits per heavy atom. The second kappa shape index (κ2) is 9.34. The summed E-state index contributed by atoms with van der Waals surface area (Å²) in [6.45, 7) is 4.13. The maximum absolute atomic E-state index is 13.4. The number of carbonyl (C=O) groups is 1. The number of carbonyl (C=O) groups excluding carboxylic acids is 1. The SMILES string of the molecule is CCC[C@H](C)NC(=O)CN(c1ccc(F)cc1)S(=O)(=O)c1ccc2c(c1)OCCO2. The van der Waals surface area contributed by atoms with Gasteiger partial charge in [0.15, 0.2) is 11.5 Å². The van der Waals surface area contributed by atoms with Crippen molar-refractivity contribution in [1.29, 1.82) is 0 Å². The lowest BCUT2D eigenvalue weighted by atomic mass is 10.2. The Labute approximate surface area is 175 Å². The normalized spacial score (nSPS) is 14.1. The van der Waals surface area contributed by atoms with Crippen molar-refractivity contribution in [2.75, 3.05) is 24.1 Å². The topological polar surface area (TPSA) is 84.9 Å². The van der Waals surface area contributed by atoms with E-state index < -0.39 is 28.3 Å². The van der Waals surface area contributed by atoms with Gasteiger partial charge in [-0.2, -0.15) is 0 Å². The fraction of sp³-hybridized carbons (Fsp3) is 0.381. The van der Waals surface area contributed by atoms with E-state index in [9.17, 15) is 17.6 Å². The minimum atomic E-state index is -4.13. The Bertz CT molecular complexity index is 995. The smallest absolute Gasteiger partial charge is 0.264 e. The molecular weight excluding hydrogens is 411 g/mol. The van der Waals surface area contributed by atoms with Crippen molar-refractivity contribution in [3.63, 3.8) is 0 Å². The number of anilines is 1. The predicted octanol–water partition coefficient (Wildman–Crippen LogP) is 3.10. The average molecular weight is 437 g/mol. The third-order valence-corrected chi connectivity index (χ3v) is 6.40. The Balaban J connectivity index is 1.94. The highest BCUT2D eigenvalue weighted by Gasteiger charge is 2.29. The Morgan fingerprint density at radius 3 is 2.47 bits per heavy atom. The zero-order valence-electron chi connectivity index (χ0n) is 16.9. The molecule has 9 heteroatoms. The molecule has 0 unspecified atom stereocenters. The molecule has 0 radical (unpaired) electrons. The van der Waals surface area contributed by atoms with E-state index in [1.807, 2.05) is 13.8 Å². The molecule has 1 atom stereocenters. The van der Waals surface area contributed by atoms with E-state index in [2.05, 4.69) is 5.32 Å². The van der Waals surface area contributed by atoms with Crippen LogP contribution in [0.5, 0.6) is 11.5 Å². The molecular formula is C21H25FN2O5S. The molecule has 2 aromatic carbocycles. The lowest BCUT2D eigenvalue weighted by Gasteiger charge is -2.26. The number of rotatable bonds is 8. The summed E-state index contributed by atoms with van der Waals surface area (Å²) in [4.78, 5) is 12.5. The number of nitrogens with zero attached hydrogens (tertiary/aromatic N) is 1. The fourth-order valence-electron chi connectivity index (χ4n) is 3.19. The van der Waals surface area contributed by atoms with E-state index in [0.29, 0.717) is 24.7 Å². The summed E-state index contributed by atoms with van der Waals surface area (Å²) < 4.78 is 52.1. The highest BCUT2D eigenvalue weighted by molar-refractivity contribution is 7.92.